The highest BCUT2D eigenvalue weighted by Crippen LogP contribution is 2.28. The van der Waals surface area contributed by atoms with Crippen molar-refractivity contribution in [2.75, 3.05) is 31.1 Å². The maximum atomic E-state index is 12.6. The van der Waals surface area contributed by atoms with Crippen molar-refractivity contribution in [2.45, 2.75) is 12.8 Å². The van der Waals surface area contributed by atoms with Crippen molar-refractivity contribution in [1.82, 2.24) is 4.90 Å². The van der Waals surface area contributed by atoms with Crippen LogP contribution >= 0.6 is 23.5 Å². The van der Waals surface area contributed by atoms with Gasteiger partial charge in [0.2, 0.25) is 0 Å². The molecule has 0 saturated carbocycles. The highest BCUT2D eigenvalue weighted by Gasteiger charge is 2.26. The Morgan fingerprint density at radius 3 is 2.92 bits per heavy atom. The largest absolute Gasteiger partial charge is 0.451 e. The number of carbonyl (C=O) groups is 1. The van der Waals surface area contributed by atoms with Gasteiger partial charge in [0.25, 0.3) is 5.91 Å². The van der Waals surface area contributed by atoms with Gasteiger partial charge >= 0.3 is 0 Å². The van der Waals surface area contributed by atoms with Gasteiger partial charge in [0.15, 0.2) is 5.76 Å². The third kappa shape index (κ3) is 3.49. The van der Waals surface area contributed by atoms with Crippen LogP contribution in [0, 0.1) is 5.92 Å². The first-order valence-electron chi connectivity index (χ1n) is 8.37. The fraction of sp³-hybridized carbons (Fsp3) is 0.444. The molecular weight excluding hydrogens is 340 g/mol. The van der Waals surface area contributed by atoms with Gasteiger partial charge in [-0.1, -0.05) is 41.7 Å². The van der Waals surface area contributed by atoms with Crippen molar-refractivity contribution >= 4 is 44.8 Å². The summed E-state index contributed by atoms with van der Waals surface area (Å²) in [5.74, 6) is 3.41. The molecule has 0 unspecified atom stereocenters. The van der Waals surface area contributed by atoms with Crippen molar-refractivity contribution in [1.29, 1.82) is 0 Å². The Bertz CT molecular complexity index is 730. The minimum Gasteiger partial charge on any atom is -0.451 e. The number of benzene rings is 1. The standard InChI is InChI=1S/C18H20N2O2S2/c21-17(16-11-14-3-1-2-4-15(14)22-16)20-8-5-13(6-9-20)12-24-18-19-7-10-23-18/h1-4,11,13H,5-10,12H2. The Balaban J connectivity index is 1.32. The molecule has 2 aliphatic heterocycles. The third-order valence-electron chi connectivity index (χ3n) is 4.54. The maximum Gasteiger partial charge on any atom is 0.289 e. The fourth-order valence-corrected chi connectivity index (χ4v) is 5.36. The van der Waals surface area contributed by atoms with Crippen LogP contribution in [0.15, 0.2) is 39.7 Å². The number of amides is 1. The van der Waals surface area contributed by atoms with E-state index >= 15 is 0 Å². The van der Waals surface area contributed by atoms with E-state index in [1.54, 1.807) is 0 Å². The minimum atomic E-state index is 0.0213. The first kappa shape index (κ1) is 16.1. The molecular formula is C18H20N2O2S2. The molecule has 0 atom stereocenters. The van der Waals surface area contributed by atoms with Crippen molar-refractivity contribution in [3.63, 3.8) is 0 Å². The monoisotopic (exact) mass is 360 g/mol. The summed E-state index contributed by atoms with van der Waals surface area (Å²) in [7, 11) is 0. The molecule has 3 heterocycles. The number of piperidine rings is 1. The molecule has 4 rings (SSSR count). The van der Waals surface area contributed by atoms with Crippen molar-refractivity contribution < 1.29 is 9.21 Å². The quantitative estimate of drug-likeness (QED) is 0.826. The van der Waals surface area contributed by atoms with E-state index in [1.807, 2.05) is 58.8 Å². The number of furan rings is 1. The summed E-state index contributed by atoms with van der Waals surface area (Å²) >= 11 is 3.76. The fourth-order valence-electron chi connectivity index (χ4n) is 3.14. The average molecular weight is 361 g/mol. The van der Waals surface area contributed by atoms with Gasteiger partial charge < -0.3 is 9.32 Å². The zero-order chi connectivity index (χ0) is 16.4. The van der Waals surface area contributed by atoms with E-state index in [0.29, 0.717) is 11.7 Å². The highest BCUT2D eigenvalue weighted by molar-refractivity contribution is 8.39. The molecule has 0 radical (unpaired) electrons. The Morgan fingerprint density at radius 1 is 1.33 bits per heavy atom. The van der Waals surface area contributed by atoms with Crippen LogP contribution < -0.4 is 0 Å². The van der Waals surface area contributed by atoms with Crippen LogP contribution in [0.25, 0.3) is 11.0 Å². The van der Waals surface area contributed by atoms with Crippen LogP contribution in [0.5, 0.6) is 0 Å². The zero-order valence-electron chi connectivity index (χ0n) is 13.4. The third-order valence-corrected chi connectivity index (χ3v) is 7.02. The smallest absolute Gasteiger partial charge is 0.289 e. The molecule has 0 spiro atoms. The maximum absolute atomic E-state index is 12.6. The van der Waals surface area contributed by atoms with Crippen LogP contribution in [-0.2, 0) is 0 Å². The summed E-state index contributed by atoms with van der Waals surface area (Å²) in [6.45, 7) is 2.61. The van der Waals surface area contributed by atoms with Gasteiger partial charge in [-0.25, -0.2) is 0 Å². The van der Waals surface area contributed by atoms with Gasteiger partial charge in [0, 0.05) is 30.0 Å². The van der Waals surface area contributed by atoms with E-state index < -0.39 is 0 Å². The molecule has 1 amide bonds. The topological polar surface area (TPSA) is 45.8 Å². The number of rotatable bonds is 3. The summed E-state index contributed by atoms with van der Waals surface area (Å²) in [5.41, 5.74) is 0.780. The van der Waals surface area contributed by atoms with E-state index in [1.165, 1.54) is 4.38 Å². The zero-order valence-corrected chi connectivity index (χ0v) is 15.1. The summed E-state index contributed by atoms with van der Waals surface area (Å²) in [6.07, 6.45) is 2.13. The molecule has 126 valence electrons. The van der Waals surface area contributed by atoms with Crippen LogP contribution in [-0.4, -0.2) is 46.3 Å². The van der Waals surface area contributed by atoms with E-state index in [-0.39, 0.29) is 5.91 Å². The molecule has 6 heteroatoms. The molecule has 2 aliphatic rings. The van der Waals surface area contributed by atoms with E-state index in [0.717, 1.165) is 55.0 Å². The second-order valence-electron chi connectivity index (χ2n) is 6.19. The molecule has 0 N–H and O–H groups in total. The van der Waals surface area contributed by atoms with Crippen LogP contribution in [0.1, 0.15) is 23.4 Å². The Hall–Kier alpha value is -1.40. The number of para-hydroxylation sites is 1. The molecule has 1 fully saturated rings. The number of aliphatic imine (C=N–C) groups is 1. The van der Waals surface area contributed by atoms with E-state index in [9.17, 15) is 4.79 Å². The second-order valence-corrected chi connectivity index (χ2v) is 8.54. The SMILES string of the molecule is O=C(c1cc2ccccc2o1)N1CCC(CSC2=NCCS2)CC1. The van der Waals surface area contributed by atoms with Gasteiger partial charge in [-0.05, 0) is 30.9 Å². The molecule has 4 nitrogen and oxygen atoms in total. The first-order chi connectivity index (χ1) is 11.8. The number of thioether (sulfide) groups is 2. The highest BCUT2D eigenvalue weighted by atomic mass is 32.2. The number of nitrogens with zero attached hydrogens (tertiary/aromatic N) is 2. The molecule has 0 bridgehead atoms. The van der Waals surface area contributed by atoms with E-state index in [2.05, 4.69) is 4.99 Å². The van der Waals surface area contributed by atoms with Gasteiger partial charge in [0.1, 0.15) is 9.96 Å². The number of fused-ring (bicyclic) bond motifs is 1. The van der Waals surface area contributed by atoms with Gasteiger partial charge in [-0.2, -0.15) is 0 Å². The van der Waals surface area contributed by atoms with Crippen LogP contribution in [0.2, 0.25) is 0 Å². The lowest BCUT2D eigenvalue weighted by Crippen LogP contribution is -2.38. The minimum absolute atomic E-state index is 0.0213. The number of carbonyl (C=O) groups excluding carboxylic acids is 1. The van der Waals surface area contributed by atoms with Gasteiger partial charge in [-0.3, -0.25) is 9.79 Å². The lowest BCUT2D eigenvalue weighted by molar-refractivity contribution is 0.0669. The summed E-state index contributed by atoms with van der Waals surface area (Å²) < 4.78 is 6.96. The second kappa shape index (κ2) is 7.23. The van der Waals surface area contributed by atoms with E-state index in [4.69, 9.17) is 4.42 Å². The normalized spacial score (nSPS) is 19.0. The average Bonchev–Trinajstić information content (AvgIpc) is 3.29. The predicted octanol–water partition coefficient (Wildman–Crippen LogP) is 4.12. The molecule has 1 aromatic carbocycles. The van der Waals surface area contributed by atoms with Gasteiger partial charge in [-0.15, -0.1) is 0 Å². The van der Waals surface area contributed by atoms with Crippen LogP contribution in [0.4, 0.5) is 0 Å². The molecule has 1 aromatic heterocycles. The van der Waals surface area contributed by atoms with Crippen LogP contribution in [0.3, 0.4) is 0 Å². The lowest BCUT2D eigenvalue weighted by atomic mass is 9.99. The van der Waals surface area contributed by atoms with Gasteiger partial charge in [0.05, 0.1) is 6.54 Å². The Kier molecular flexibility index (Phi) is 4.85. The molecule has 24 heavy (non-hydrogen) atoms. The molecule has 2 aromatic rings. The predicted molar refractivity (Wildman–Crippen MR) is 102 cm³/mol. The lowest BCUT2D eigenvalue weighted by Gasteiger charge is -2.31. The van der Waals surface area contributed by atoms with Crippen molar-refractivity contribution in [2.24, 2.45) is 10.9 Å². The number of likely N-dealkylation sites (tertiary alicyclic amines) is 1. The summed E-state index contributed by atoms with van der Waals surface area (Å²) in [6, 6.07) is 9.62. The number of hydrogen-bond donors (Lipinski definition) is 0. The van der Waals surface area contributed by atoms with Crippen molar-refractivity contribution in [3.8, 4) is 0 Å². The summed E-state index contributed by atoms with van der Waals surface area (Å²) in [5, 5.41) is 0.988. The number of hydrogen-bond acceptors (Lipinski definition) is 5. The Labute approximate surface area is 150 Å². The molecule has 1 saturated heterocycles. The summed E-state index contributed by atoms with van der Waals surface area (Å²) in [4.78, 5) is 19.1. The Morgan fingerprint density at radius 2 is 2.17 bits per heavy atom. The molecule has 0 aliphatic carbocycles. The first-order valence-corrected chi connectivity index (χ1v) is 10.3. The van der Waals surface area contributed by atoms with Crippen molar-refractivity contribution in [3.05, 3.63) is 36.1 Å².